The van der Waals surface area contributed by atoms with Crippen molar-refractivity contribution in [2.75, 3.05) is 109 Å². The number of aromatic nitrogens is 1. The fourth-order valence-corrected chi connectivity index (χ4v) is 9.59. The van der Waals surface area contributed by atoms with E-state index in [1.807, 2.05) is 47.8 Å². The molecule has 0 bridgehead atoms. The van der Waals surface area contributed by atoms with Crippen LogP contribution in [0.3, 0.4) is 0 Å². The molecule has 10 nitrogen and oxygen atoms in total. The number of methoxy groups -OCH3 is 1. The monoisotopic (exact) mass is 755 g/mol. The number of nitrogens with zero attached hydrogens (tertiary/aromatic N) is 4. The summed E-state index contributed by atoms with van der Waals surface area (Å²) >= 11 is 3.68. The molecule has 3 fully saturated rings. The zero-order valence-corrected chi connectivity index (χ0v) is 32.1. The molecule has 12 heteroatoms. The molecule has 0 aliphatic carbocycles. The Balaban J connectivity index is 1.01. The van der Waals surface area contributed by atoms with Gasteiger partial charge in [-0.3, -0.25) is 9.80 Å². The van der Waals surface area contributed by atoms with Gasteiger partial charge in [0.25, 0.3) is 0 Å². The van der Waals surface area contributed by atoms with Gasteiger partial charge >= 0.3 is 0 Å². The van der Waals surface area contributed by atoms with Gasteiger partial charge in [0.2, 0.25) is 5.88 Å². The first-order valence-corrected chi connectivity index (χ1v) is 20.4. The molecule has 0 saturated carbocycles. The van der Waals surface area contributed by atoms with Crippen LogP contribution in [0.15, 0.2) is 92.4 Å². The molecule has 0 radical (unpaired) electrons. The second-order valence-electron chi connectivity index (χ2n) is 13.8. The minimum Gasteiger partial charge on any atom is -0.497 e. The van der Waals surface area contributed by atoms with Gasteiger partial charge in [-0.15, -0.1) is 0 Å². The lowest BCUT2D eigenvalue weighted by Gasteiger charge is -2.33. The lowest BCUT2D eigenvalue weighted by atomic mass is 10.1. The largest absolute Gasteiger partial charge is 0.497 e. The van der Waals surface area contributed by atoms with E-state index in [0.717, 1.165) is 113 Å². The van der Waals surface area contributed by atoms with Crippen molar-refractivity contribution in [3.8, 4) is 22.9 Å². The fraction of sp³-hybridized carbons (Fsp3) is 0.439. The minimum absolute atomic E-state index is 0.347. The number of hydrogen-bond acceptors (Lipinski definition) is 12. The highest BCUT2D eigenvalue weighted by atomic mass is 32.2. The normalized spacial score (nSPS) is 18.5. The van der Waals surface area contributed by atoms with Crippen molar-refractivity contribution in [2.45, 2.75) is 38.7 Å². The molecule has 5 heterocycles. The number of pyridine rings is 1. The average Bonchev–Trinajstić information content (AvgIpc) is 3.22. The number of benzene rings is 3. The Hall–Kier alpha value is -3.49. The molecule has 0 amide bonds. The van der Waals surface area contributed by atoms with Gasteiger partial charge in [-0.25, -0.2) is 4.98 Å². The van der Waals surface area contributed by atoms with E-state index < -0.39 is 0 Å². The van der Waals surface area contributed by atoms with Gasteiger partial charge in [-0.1, -0.05) is 47.8 Å². The van der Waals surface area contributed by atoms with Crippen molar-refractivity contribution >= 4 is 34.9 Å². The Kier molecular flexibility index (Phi) is 12.2. The van der Waals surface area contributed by atoms with Crippen LogP contribution in [0.25, 0.3) is 11.3 Å². The maximum atomic E-state index is 6.36. The predicted molar refractivity (Wildman–Crippen MR) is 211 cm³/mol. The molecule has 280 valence electrons. The zero-order valence-electron chi connectivity index (χ0n) is 30.5. The molecule has 53 heavy (non-hydrogen) atoms. The quantitative estimate of drug-likeness (QED) is 0.140. The highest BCUT2D eigenvalue weighted by Crippen LogP contribution is 2.52. The van der Waals surface area contributed by atoms with Crippen molar-refractivity contribution < 1.29 is 23.7 Å². The molecule has 1 unspecified atom stereocenters. The summed E-state index contributed by atoms with van der Waals surface area (Å²) in [6.45, 7) is 12.9. The third-order valence-corrected chi connectivity index (χ3v) is 12.8. The Morgan fingerprint density at radius 3 is 2.25 bits per heavy atom. The van der Waals surface area contributed by atoms with E-state index in [-0.39, 0.29) is 0 Å². The third kappa shape index (κ3) is 9.43. The molecule has 1 aromatic heterocycles. The second-order valence-corrected chi connectivity index (χ2v) is 15.9. The van der Waals surface area contributed by atoms with E-state index >= 15 is 0 Å². The van der Waals surface area contributed by atoms with Crippen LogP contribution >= 0.6 is 23.5 Å². The molecular weight excluding hydrogens is 707 g/mol. The summed E-state index contributed by atoms with van der Waals surface area (Å²) < 4.78 is 28.6. The van der Waals surface area contributed by atoms with Crippen LogP contribution in [-0.2, 0) is 20.8 Å². The Morgan fingerprint density at radius 1 is 0.755 bits per heavy atom. The summed E-state index contributed by atoms with van der Waals surface area (Å²) in [4.78, 5) is 17.6. The first-order valence-electron chi connectivity index (χ1n) is 18.8. The van der Waals surface area contributed by atoms with Crippen LogP contribution in [0.5, 0.6) is 11.6 Å². The molecule has 8 rings (SSSR count). The van der Waals surface area contributed by atoms with Crippen molar-refractivity contribution in [1.29, 1.82) is 0 Å². The van der Waals surface area contributed by atoms with E-state index in [0.29, 0.717) is 31.7 Å². The molecule has 1 N–H and O–H groups in total. The Labute approximate surface area is 321 Å². The summed E-state index contributed by atoms with van der Waals surface area (Å²) in [5.41, 5.74) is 5.37. The molecule has 4 aliphatic heterocycles. The molecule has 3 aromatic carbocycles. The second kappa shape index (κ2) is 17.8. The summed E-state index contributed by atoms with van der Waals surface area (Å²) in [6, 6.07) is 26.0. The maximum absolute atomic E-state index is 6.36. The van der Waals surface area contributed by atoms with Gasteiger partial charge in [0.05, 0.1) is 52.4 Å². The molecule has 1 atom stereocenters. The Bertz CT molecular complexity index is 1810. The number of fused-ring (bicyclic) bond motifs is 2. The number of ether oxygens (including phenoxy) is 5. The van der Waals surface area contributed by atoms with Crippen molar-refractivity contribution in [3.63, 3.8) is 0 Å². The topological polar surface area (TPSA) is 80.8 Å². The highest BCUT2D eigenvalue weighted by molar-refractivity contribution is 8.05. The predicted octanol–water partition coefficient (Wildman–Crippen LogP) is 6.62. The van der Waals surface area contributed by atoms with E-state index in [1.165, 1.54) is 25.3 Å². The minimum atomic E-state index is 0.347. The summed E-state index contributed by atoms with van der Waals surface area (Å²) in [5, 5.41) is 3.94. The smallest absolute Gasteiger partial charge is 0.216 e. The number of hydrogen-bond donors (Lipinski definition) is 1. The zero-order chi connectivity index (χ0) is 35.8. The first-order chi connectivity index (χ1) is 26.2. The number of morpholine rings is 3. The van der Waals surface area contributed by atoms with Gasteiger partial charge in [0.15, 0.2) is 0 Å². The van der Waals surface area contributed by atoms with Crippen molar-refractivity contribution in [3.05, 3.63) is 78.4 Å². The summed E-state index contributed by atoms with van der Waals surface area (Å²) in [5.74, 6) is 1.44. The maximum Gasteiger partial charge on any atom is 0.216 e. The van der Waals surface area contributed by atoms with Crippen LogP contribution in [0.2, 0.25) is 0 Å². The fourth-order valence-electron chi connectivity index (χ4n) is 7.18. The van der Waals surface area contributed by atoms with Crippen LogP contribution in [0.1, 0.15) is 12.0 Å². The van der Waals surface area contributed by atoms with Gasteiger partial charge in [-0.05, 0) is 54.4 Å². The molecule has 4 aromatic rings. The number of anilines is 2. The summed E-state index contributed by atoms with van der Waals surface area (Å²) in [7, 11) is 1.68. The average molecular weight is 756 g/mol. The van der Waals surface area contributed by atoms with Crippen LogP contribution < -0.4 is 19.7 Å². The van der Waals surface area contributed by atoms with Gasteiger partial charge in [0, 0.05) is 101 Å². The van der Waals surface area contributed by atoms with E-state index in [4.69, 9.17) is 28.7 Å². The molecule has 0 spiro atoms. The van der Waals surface area contributed by atoms with Crippen LogP contribution in [0, 0.1) is 0 Å². The number of rotatable bonds is 13. The first kappa shape index (κ1) is 36.5. The van der Waals surface area contributed by atoms with Crippen LogP contribution in [-0.4, -0.2) is 120 Å². The van der Waals surface area contributed by atoms with Gasteiger partial charge < -0.3 is 33.9 Å². The van der Waals surface area contributed by atoms with Crippen molar-refractivity contribution in [1.82, 2.24) is 14.8 Å². The van der Waals surface area contributed by atoms with Crippen molar-refractivity contribution in [2.24, 2.45) is 0 Å². The third-order valence-electron chi connectivity index (χ3n) is 10.2. The standard InChI is InChI=1S/C41H49N5O5S2/c1-47-34-8-5-30(6-9-34)29-51-40-27-33(46-17-23-50-24-18-46)26-36(43-40)35-3-2-4-38-41(35)53-37-10-7-31(25-39(37)52-38)42-32(28-45-15-21-49-22-16-45)11-12-44-13-19-48-20-14-44/h2-10,25-27,32,42H,11-24,28-29H2,1H3. The van der Waals surface area contributed by atoms with Gasteiger partial charge in [-0.2, -0.15) is 0 Å². The van der Waals surface area contributed by atoms with E-state index in [9.17, 15) is 0 Å². The number of nitrogens with one attached hydrogen (secondary N) is 1. The molecule has 3 saturated heterocycles. The highest BCUT2D eigenvalue weighted by Gasteiger charge is 2.25. The Morgan fingerprint density at radius 2 is 1.49 bits per heavy atom. The van der Waals surface area contributed by atoms with Crippen LogP contribution in [0.4, 0.5) is 11.4 Å². The van der Waals surface area contributed by atoms with E-state index in [2.05, 4.69) is 68.5 Å². The SMILES string of the molecule is COc1ccc(COc2cc(N3CCOCC3)cc(-c3cccc4c3Sc3ccc(NC(CCN5CCOCC5)CN5CCOCC5)cc3S4)n2)cc1. The lowest BCUT2D eigenvalue weighted by molar-refractivity contribution is 0.0292. The summed E-state index contributed by atoms with van der Waals surface area (Å²) in [6.07, 6.45) is 1.09. The molecular formula is C41H49N5O5S2. The van der Waals surface area contributed by atoms with Gasteiger partial charge in [0.1, 0.15) is 12.4 Å². The van der Waals surface area contributed by atoms with E-state index in [1.54, 1.807) is 7.11 Å². The lowest BCUT2D eigenvalue weighted by Crippen LogP contribution is -2.45. The molecule has 4 aliphatic rings.